The molecule has 0 saturated heterocycles. The molecule has 0 saturated carbocycles. The molecule has 0 aliphatic carbocycles. The van der Waals surface area contributed by atoms with Crippen LogP contribution in [0.1, 0.15) is 16.0 Å². The van der Waals surface area contributed by atoms with Crippen LogP contribution in [-0.4, -0.2) is 20.1 Å². The average molecular weight is 377 g/mol. The van der Waals surface area contributed by atoms with E-state index in [2.05, 4.69) is 5.32 Å². The first-order valence-electron chi connectivity index (χ1n) is 6.81. The van der Waals surface area contributed by atoms with E-state index in [-0.39, 0.29) is 12.1 Å². The van der Waals surface area contributed by atoms with Gasteiger partial charge in [-0.15, -0.1) is 11.3 Å². The van der Waals surface area contributed by atoms with Gasteiger partial charge in [-0.1, -0.05) is 24.3 Å². The van der Waals surface area contributed by atoms with E-state index in [0.29, 0.717) is 0 Å². The quantitative estimate of drug-likeness (QED) is 0.842. The van der Waals surface area contributed by atoms with Crippen molar-refractivity contribution >= 4 is 27.1 Å². The largest absolute Gasteiger partial charge is 0.416 e. The summed E-state index contributed by atoms with van der Waals surface area (Å²) in [6.07, 6.45) is -4.54. The maximum atomic E-state index is 12.6. The van der Waals surface area contributed by atoms with Gasteiger partial charge in [0.1, 0.15) is 5.75 Å². The minimum Gasteiger partial charge on any atom is -0.350 e. The highest BCUT2D eigenvalue weighted by Crippen LogP contribution is 2.29. The Bertz CT molecular complexity index is 800. The second kappa shape index (κ2) is 7.35. The molecule has 1 N–H and O–H groups in total. The normalized spacial score (nSPS) is 12.1. The molecule has 9 heteroatoms. The number of benzene rings is 1. The molecule has 1 aromatic carbocycles. The van der Waals surface area contributed by atoms with Crippen LogP contribution in [0.15, 0.2) is 41.8 Å². The first-order chi connectivity index (χ1) is 11.2. The molecule has 1 aromatic heterocycles. The van der Waals surface area contributed by atoms with Crippen molar-refractivity contribution in [3.63, 3.8) is 0 Å². The van der Waals surface area contributed by atoms with Crippen LogP contribution in [0.25, 0.3) is 0 Å². The van der Waals surface area contributed by atoms with Crippen molar-refractivity contribution in [1.29, 1.82) is 0 Å². The van der Waals surface area contributed by atoms with E-state index in [0.717, 1.165) is 23.1 Å². The fourth-order valence-corrected chi connectivity index (χ4v) is 3.93. The molecule has 2 rings (SSSR count). The fraction of sp³-hybridized carbons (Fsp3) is 0.267. The summed E-state index contributed by atoms with van der Waals surface area (Å²) < 4.78 is 61.9. The molecule has 0 radical (unpaired) electrons. The molecule has 0 aliphatic heterocycles. The third-order valence-electron chi connectivity index (χ3n) is 3.03. The van der Waals surface area contributed by atoms with Crippen molar-refractivity contribution in [1.82, 2.24) is 5.32 Å². The van der Waals surface area contributed by atoms with E-state index in [9.17, 15) is 26.4 Å². The average Bonchev–Trinajstić information content (AvgIpc) is 2.96. The Morgan fingerprint density at radius 2 is 1.92 bits per heavy atom. The van der Waals surface area contributed by atoms with Gasteiger partial charge in [0.15, 0.2) is 9.84 Å². The number of alkyl halides is 3. The van der Waals surface area contributed by atoms with Crippen LogP contribution in [0, 0.1) is 0 Å². The summed E-state index contributed by atoms with van der Waals surface area (Å²) in [7, 11) is -3.86. The highest BCUT2D eigenvalue weighted by Gasteiger charge is 2.30. The lowest BCUT2D eigenvalue weighted by Gasteiger charge is -2.09. The van der Waals surface area contributed by atoms with Crippen LogP contribution < -0.4 is 5.32 Å². The molecule has 1 heterocycles. The highest BCUT2D eigenvalue weighted by atomic mass is 32.2. The van der Waals surface area contributed by atoms with E-state index in [4.69, 9.17) is 0 Å². The van der Waals surface area contributed by atoms with Gasteiger partial charge in [0.05, 0.1) is 17.9 Å². The van der Waals surface area contributed by atoms with Gasteiger partial charge in [-0.3, -0.25) is 4.79 Å². The molecule has 130 valence electrons. The summed E-state index contributed by atoms with van der Waals surface area (Å²) >= 11 is 1.42. The SMILES string of the molecule is O=C(CS(=O)(=O)Cc1cccc(C(F)(F)F)c1)NCc1cccs1. The lowest BCUT2D eigenvalue weighted by molar-refractivity contribution is -0.137. The summed E-state index contributed by atoms with van der Waals surface area (Å²) in [6, 6.07) is 7.67. The van der Waals surface area contributed by atoms with Crippen molar-refractivity contribution in [3.05, 3.63) is 57.8 Å². The monoisotopic (exact) mass is 377 g/mol. The number of sulfone groups is 1. The van der Waals surface area contributed by atoms with Crippen LogP contribution in [0.3, 0.4) is 0 Å². The molecule has 0 fully saturated rings. The number of amides is 1. The molecule has 0 bridgehead atoms. The van der Waals surface area contributed by atoms with E-state index in [1.807, 2.05) is 5.38 Å². The first kappa shape index (κ1) is 18.5. The van der Waals surface area contributed by atoms with Crippen LogP contribution in [0.5, 0.6) is 0 Å². The van der Waals surface area contributed by atoms with Gasteiger partial charge in [0, 0.05) is 4.88 Å². The fourth-order valence-electron chi connectivity index (χ4n) is 1.99. The molecule has 0 unspecified atom stereocenters. The lowest BCUT2D eigenvalue weighted by atomic mass is 10.1. The number of thiophene rings is 1. The summed E-state index contributed by atoms with van der Waals surface area (Å²) in [5.41, 5.74) is -0.923. The molecular formula is C15H14F3NO3S2. The Morgan fingerprint density at radius 1 is 1.17 bits per heavy atom. The topological polar surface area (TPSA) is 63.2 Å². The zero-order valence-corrected chi connectivity index (χ0v) is 14.0. The molecule has 2 aromatic rings. The predicted molar refractivity (Wildman–Crippen MR) is 85.1 cm³/mol. The predicted octanol–water partition coefficient (Wildman–Crippen LogP) is 3.00. The van der Waals surface area contributed by atoms with Crippen LogP contribution in [0.2, 0.25) is 0 Å². The Labute approximate surface area is 141 Å². The Hall–Kier alpha value is -1.87. The second-order valence-corrected chi connectivity index (χ2v) is 8.18. The molecule has 0 atom stereocenters. The number of nitrogens with one attached hydrogen (secondary N) is 1. The molecule has 4 nitrogen and oxygen atoms in total. The minimum atomic E-state index is -4.54. The zero-order valence-electron chi connectivity index (χ0n) is 12.3. The summed E-state index contributed by atoms with van der Waals surface area (Å²) in [5, 5.41) is 4.30. The van der Waals surface area contributed by atoms with Crippen LogP contribution >= 0.6 is 11.3 Å². The smallest absolute Gasteiger partial charge is 0.350 e. The molecule has 0 aliphatic rings. The number of hydrogen-bond donors (Lipinski definition) is 1. The van der Waals surface area contributed by atoms with Crippen LogP contribution in [-0.2, 0) is 33.1 Å². The molecular weight excluding hydrogens is 363 g/mol. The second-order valence-electron chi connectivity index (χ2n) is 5.09. The zero-order chi connectivity index (χ0) is 17.8. The maximum absolute atomic E-state index is 12.6. The lowest BCUT2D eigenvalue weighted by Crippen LogP contribution is -2.30. The third kappa shape index (κ3) is 5.64. The molecule has 1 amide bonds. The number of hydrogen-bond acceptors (Lipinski definition) is 4. The Morgan fingerprint density at radius 3 is 2.54 bits per heavy atom. The van der Waals surface area contributed by atoms with Crippen molar-refractivity contribution in [3.8, 4) is 0 Å². The number of carbonyl (C=O) groups is 1. The van der Waals surface area contributed by atoms with E-state index >= 15 is 0 Å². The van der Waals surface area contributed by atoms with Crippen molar-refractivity contribution in [2.45, 2.75) is 18.5 Å². The third-order valence-corrected chi connectivity index (χ3v) is 5.38. The Balaban J connectivity index is 1.97. The number of rotatable bonds is 6. The van der Waals surface area contributed by atoms with Gasteiger partial charge in [-0.25, -0.2) is 8.42 Å². The Kier molecular flexibility index (Phi) is 5.66. The van der Waals surface area contributed by atoms with E-state index < -0.39 is 39.0 Å². The maximum Gasteiger partial charge on any atom is 0.416 e. The van der Waals surface area contributed by atoms with Gasteiger partial charge in [-0.2, -0.15) is 13.2 Å². The first-order valence-corrected chi connectivity index (χ1v) is 9.51. The molecule has 24 heavy (non-hydrogen) atoms. The highest BCUT2D eigenvalue weighted by molar-refractivity contribution is 7.91. The van der Waals surface area contributed by atoms with Gasteiger partial charge in [0.2, 0.25) is 5.91 Å². The standard InChI is InChI=1S/C15H14F3NO3S2/c16-15(17,18)12-4-1-3-11(7-12)9-24(21,22)10-14(20)19-8-13-5-2-6-23-13/h1-7H,8-10H2,(H,19,20). The molecule has 0 spiro atoms. The summed E-state index contributed by atoms with van der Waals surface area (Å²) in [5.74, 6) is -2.08. The van der Waals surface area contributed by atoms with Crippen molar-refractivity contribution in [2.24, 2.45) is 0 Å². The van der Waals surface area contributed by atoms with Crippen molar-refractivity contribution in [2.75, 3.05) is 5.75 Å². The summed E-state index contributed by atoms with van der Waals surface area (Å²) in [6.45, 7) is 0.218. The van der Waals surface area contributed by atoms with E-state index in [1.54, 1.807) is 12.1 Å². The van der Waals surface area contributed by atoms with Gasteiger partial charge in [-0.05, 0) is 23.1 Å². The van der Waals surface area contributed by atoms with Gasteiger partial charge in [0.25, 0.3) is 0 Å². The van der Waals surface area contributed by atoms with E-state index in [1.165, 1.54) is 17.4 Å². The van der Waals surface area contributed by atoms with Crippen LogP contribution in [0.4, 0.5) is 13.2 Å². The summed E-state index contributed by atoms with van der Waals surface area (Å²) in [4.78, 5) is 12.6. The minimum absolute atomic E-state index is 0.00381. The number of carbonyl (C=O) groups excluding carboxylic acids is 1. The van der Waals surface area contributed by atoms with Gasteiger partial charge < -0.3 is 5.32 Å². The van der Waals surface area contributed by atoms with Gasteiger partial charge >= 0.3 is 6.18 Å². The van der Waals surface area contributed by atoms with Crippen molar-refractivity contribution < 1.29 is 26.4 Å². The number of halogens is 3.